The van der Waals surface area contributed by atoms with Gasteiger partial charge in [0.05, 0.1) is 5.69 Å². The molecule has 0 aromatic carbocycles. The first-order valence-electron chi connectivity index (χ1n) is 7.09. The summed E-state index contributed by atoms with van der Waals surface area (Å²) in [7, 11) is 3.95. The third kappa shape index (κ3) is 2.09. The van der Waals surface area contributed by atoms with E-state index in [1.165, 1.54) is 19.3 Å². The van der Waals surface area contributed by atoms with E-state index in [-0.39, 0.29) is 0 Å². The summed E-state index contributed by atoms with van der Waals surface area (Å²) in [5, 5.41) is 12.9. The maximum atomic E-state index is 5.89. The lowest BCUT2D eigenvalue weighted by Gasteiger charge is -2.24. The zero-order valence-electron chi connectivity index (χ0n) is 12.6. The van der Waals surface area contributed by atoms with Gasteiger partial charge < -0.3 is 9.30 Å². The van der Waals surface area contributed by atoms with E-state index in [2.05, 4.69) is 19.9 Å². The molecule has 1 fully saturated rings. The summed E-state index contributed by atoms with van der Waals surface area (Å²) in [4.78, 5) is 0. The van der Waals surface area contributed by atoms with Crippen LogP contribution in [0.5, 0.6) is 5.75 Å². The van der Waals surface area contributed by atoms with Crippen molar-refractivity contribution < 1.29 is 4.74 Å². The number of hydrogen-bond donors (Lipinski definition) is 0. The Morgan fingerprint density at radius 3 is 2.50 bits per heavy atom. The van der Waals surface area contributed by atoms with Crippen LogP contribution in [0.15, 0.2) is 0 Å². The molecule has 0 saturated heterocycles. The van der Waals surface area contributed by atoms with Gasteiger partial charge >= 0.3 is 0 Å². The van der Waals surface area contributed by atoms with Gasteiger partial charge in [0.25, 0.3) is 0 Å². The number of aromatic nitrogens is 5. The van der Waals surface area contributed by atoms with Crippen molar-refractivity contribution in [3.8, 4) is 5.75 Å². The van der Waals surface area contributed by atoms with Gasteiger partial charge in [-0.25, -0.2) is 0 Å². The highest BCUT2D eigenvalue weighted by Gasteiger charge is 2.25. The monoisotopic (exact) mass is 275 g/mol. The predicted octanol–water partition coefficient (Wildman–Crippen LogP) is 2.01. The summed E-state index contributed by atoms with van der Waals surface area (Å²) in [6, 6.07) is 0. The molecule has 0 radical (unpaired) electrons. The minimum atomic E-state index is 0.434. The van der Waals surface area contributed by atoms with Crippen molar-refractivity contribution in [2.75, 3.05) is 0 Å². The highest BCUT2D eigenvalue weighted by atomic mass is 16.5. The zero-order valence-corrected chi connectivity index (χ0v) is 12.6. The van der Waals surface area contributed by atoms with Gasteiger partial charge in [0, 0.05) is 20.0 Å². The molecule has 2 aromatic heterocycles. The lowest BCUT2D eigenvalue weighted by molar-refractivity contribution is 0.285. The van der Waals surface area contributed by atoms with Crippen molar-refractivity contribution in [3.05, 3.63) is 23.0 Å². The standard InChI is InChI=1S/C14H21N5O/c1-9-13(10(2)19(4)17-9)20-8-12-15-16-14(18(12)3)11-6-5-7-11/h11H,5-8H2,1-4H3. The van der Waals surface area contributed by atoms with Gasteiger partial charge in [-0.3, -0.25) is 4.68 Å². The van der Waals surface area contributed by atoms with Crippen LogP contribution in [-0.2, 0) is 20.7 Å². The van der Waals surface area contributed by atoms with E-state index in [4.69, 9.17) is 4.74 Å². The Labute approximate surface area is 118 Å². The SMILES string of the molecule is Cc1nn(C)c(C)c1OCc1nnc(C2CCC2)n1C. The molecule has 0 bridgehead atoms. The van der Waals surface area contributed by atoms with Crippen molar-refractivity contribution in [2.24, 2.45) is 14.1 Å². The molecule has 6 heteroatoms. The van der Waals surface area contributed by atoms with Crippen molar-refractivity contribution in [1.82, 2.24) is 24.5 Å². The van der Waals surface area contributed by atoms with Crippen molar-refractivity contribution >= 4 is 0 Å². The molecule has 1 saturated carbocycles. The van der Waals surface area contributed by atoms with E-state index < -0.39 is 0 Å². The van der Waals surface area contributed by atoms with Crippen LogP contribution in [0.25, 0.3) is 0 Å². The Kier molecular flexibility index (Phi) is 3.23. The van der Waals surface area contributed by atoms with E-state index in [9.17, 15) is 0 Å². The van der Waals surface area contributed by atoms with E-state index in [1.807, 2.05) is 32.6 Å². The number of ether oxygens (including phenoxy) is 1. The third-order valence-electron chi connectivity index (χ3n) is 4.26. The van der Waals surface area contributed by atoms with E-state index in [0.717, 1.165) is 28.8 Å². The van der Waals surface area contributed by atoms with E-state index in [1.54, 1.807) is 0 Å². The third-order valence-corrected chi connectivity index (χ3v) is 4.26. The Hall–Kier alpha value is -1.85. The smallest absolute Gasteiger partial charge is 0.170 e. The van der Waals surface area contributed by atoms with E-state index in [0.29, 0.717) is 12.5 Å². The first-order valence-corrected chi connectivity index (χ1v) is 7.09. The fourth-order valence-corrected chi connectivity index (χ4v) is 2.62. The van der Waals surface area contributed by atoms with Crippen LogP contribution < -0.4 is 4.74 Å². The number of nitrogens with zero attached hydrogens (tertiary/aromatic N) is 5. The molecule has 1 aliphatic rings. The molecule has 3 rings (SSSR count). The second-order valence-corrected chi connectivity index (χ2v) is 5.57. The van der Waals surface area contributed by atoms with Crippen molar-refractivity contribution in [3.63, 3.8) is 0 Å². The number of rotatable bonds is 4. The molecule has 20 heavy (non-hydrogen) atoms. The minimum absolute atomic E-state index is 0.434. The van der Waals surface area contributed by atoms with Crippen LogP contribution in [0, 0.1) is 13.8 Å². The fraction of sp³-hybridized carbons (Fsp3) is 0.643. The summed E-state index contributed by atoms with van der Waals surface area (Å²) in [6.07, 6.45) is 3.76. The summed E-state index contributed by atoms with van der Waals surface area (Å²) in [6.45, 7) is 4.40. The summed E-state index contributed by atoms with van der Waals surface area (Å²) in [5.74, 6) is 3.40. The van der Waals surface area contributed by atoms with Crippen LogP contribution in [0.3, 0.4) is 0 Å². The van der Waals surface area contributed by atoms with Crippen LogP contribution in [0.2, 0.25) is 0 Å². The molecule has 108 valence electrons. The Bertz CT molecular complexity index is 624. The fourth-order valence-electron chi connectivity index (χ4n) is 2.62. The van der Waals surface area contributed by atoms with E-state index >= 15 is 0 Å². The lowest BCUT2D eigenvalue weighted by atomic mass is 9.85. The molecule has 2 heterocycles. The molecule has 0 unspecified atom stereocenters. The highest BCUT2D eigenvalue weighted by molar-refractivity contribution is 5.31. The van der Waals surface area contributed by atoms with Crippen molar-refractivity contribution in [2.45, 2.75) is 45.6 Å². The Morgan fingerprint density at radius 2 is 1.95 bits per heavy atom. The lowest BCUT2D eigenvalue weighted by Crippen LogP contribution is -2.15. The van der Waals surface area contributed by atoms with Gasteiger partial charge in [-0.1, -0.05) is 6.42 Å². The van der Waals surface area contributed by atoms with Crippen molar-refractivity contribution in [1.29, 1.82) is 0 Å². The number of aryl methyl sites for hydroxylation is 2. The zero-order chi connectivity index (χ0) is 14.3. The molecule has 0 aliphatic heterocycles. The average Bonchev–Trinajstić information content (AvgIpc) is 2.80. The molecule has 0 atom stereocenters. The Balaban J connectivity index is 1.73. The number of hydrogen-bond acceptors (Lipinski definition) is 4. The van der Waals surface area contributed by atoms with Crippen LogP contribution >= 0.6 is 0 Å². The van der Waals surface area contributed by atoms with Gasteiger partial charge in [0.15, 0.2) is 11.6 Å². The second-order valence-electron chi connectivity index (χ2n) is 5.57. The molecule has 0 amide bonds. The largest absolute Gasteiger partial charge is 0.482 e. The minimum Gasteiger partial charge on any atom is -0.482 e. The summed E-state index contributed by atoms with van der Waals surface area (Å²) in [5.41, 5.74) is 1.94. The summed E-state index contributed by atoms with van der Waals surface area (Å²) < 4.78 is 9.80. The summed E-state index contributed by atoms with van der Waals surface area (Å²) >= 11 is 0. The molecule has 0 N–H and O–H groups in total. The normalized spacial score (nSPS) is 15.4. The molecular formula is C14H21N5O. The Morgan fingerprint density at radius 1 is 1.20 bits per heavy atom. The van der Waals surface area contributed by atoms with Gasteiger partial charge in [-0.05, 0) is 26.7 Å². The van der Waals surface area contributed by atoms with Gasteiger partial charge in [-0.2, -0.15) is 5.10 Å². The molecule has 6 nitrogen and oxygen atoms in total. The van der Waals surface area contributed by atoms with Gasteiger partial charge in [0.1, 0.15) is 18.1 Å². The van der Waals surface area contributed by atoms with Crippen LogP contribution in [0.4, 0.5) is 0 Å². The maximum absolute atomic E-state index is 5.89. The second kappa shape index (κ2) is 4.92. The van der Waals surface area contributed by atoms with Gasteiger partial charge in [0.2, 0.25) is 0 Å². The molecule has 1 aliphatic carbocycles. The highest BCUT2D eigenvalue weighted by Crippen LogP contribution is 2.35. The van der Waals surface area contributed by atoms with Gasteiger partial charge in [-0.15, -0.1) is 10.2 Å². The molecule has 2 aromatic rings. The molecule has 0 spiro atoms. The average molecular weight is 275 g/mol. The van der Waals surface area contributed by atoms with Crippen LogP contribution in [-0.4, -0.2) is 24.5 Å². The first-order chi connectivity index (χ1) is 9.58. The molecular weight excluding hydrogens is 254 g/mol. The quantitative estimate of drug-likeness (QED) is 0.856. The topological polar surface area (TPSA) is 57.8 Å². The maximum Gasteiger partial charge on any atom is 0.170 e. The first kappa shape index (κ1) is 13.1. The predicted molar refractivity (Wildman–Crippen MR) is 74.6 cm³/mol. The van der Waals surface area contributed by atoms with Crippen LogP contribution in [0.1, 0.15) is 48.2 Å².